The van der Waals surface area contributed by atoms with Crippen molar-refractivity contribution in [1.29, 1.82) is 0 Å². The van der Waals surface area contributed by atoms with E-state index in [0.717, 1.165) is 37.9 Å². The predicted octanol–water partition coefficient (Wildman–Crippen LogP) is -0.110. The zero-order valence-corrected chi connectivity index (χ0v) is 25.6. The summed E-state index contributed by atoms with van der Waals surface area (Å²) in [6.45, 7) is 0.999. The second-order valence-electron chi connectivity index (χ2n) is 10.9. The Balaban J connectivity index is 0.00000675. The molecule has 0 saturated carbocycles. The molecule has 2 unspecified atom stereocenters. The number of urea groups is 1. The SMILES string of the molecule is O=C(CCCCCNC(=O)CCCCC1SC[C@@H]2NC(=O)N[C@H]12)NCCCCCC(=O)ON1C(=O)CC(S(=O)(=O)O)C1=O.[NaH]. The first-order valence-electron chi connectivity index (χ1n) is 14.7. The van der Waals surface area contributed by atoms with E-state index in [9.17, 15) is 37.2 Å². The molecule has 3 rings (SSSR count). The maximum absolute atomic E-state index is 12.1. The molecule has 0 aromatic carbocycles. The van der Waals surface area contributed by atoms with E-state index in [1.165, 1.54) is 0 Å². The van der Waals surface area contributed by atoms with E-state index in [4.69, 9.17) is 4.55 Å². The molecule has 3 saturated heterocycles. The van der Waals surface area contributed by atoms with Gasteiger partial charge in [0.25, 0.3) is 21.9 Å². The van der Waals surface area contributed by atoms with Crippen LogP contribution in [0.1, 0.15) is 83.5 Å². The van der Waals surface area contributed by atoms with Crippen LogP contribution in [0.15, 0.2) is 0 Å². The van der Waals surface area contributed by atoms with Gasteiger partial charge in [0.15, 0.2) is 5.25 Å². The number of nitrogens with one attached hydrogen (secondary N) is 4. The van der Waals surface area contributed by atoms with E-state index in [1.807, 2.05) is 11.8 Å². The number of imide groups is 1. The van der Waals surface area contributed by atoms with Gasteiger partial charge in [-0.3, -0.25) is 23.7 Å². The van der Waals surface area contributed by atoms with E-state index in [1.54, 1.807) is 0 Å². The van der Waals surface area contributed by atoms with Gasteiger partial charge in [-0.1, -0.05) is 19.3 Å². The van der Waals surface area contributed by atoms with Gasteiger partial charge in [-0.25, -0.2) is 9.59 Å². The van der Waals surface area contributed by atoms with Crippen LogP contribution in [0.4, 0.5) is 4.79 Å². The van der Waals surface area contributed by atoms with Crippen molar-refractivity contribution in [2.75, 3.05) is 18.8 Å². The van der Waals surface area contributed by atoms with Gasteiger partial charge in [0.05, 0.1) is 18.5 Å². The fourth-order valence-corrected chi connectivity index (χ4v) is 7.37. The van der Waals surface area contributed by atoms with E-state index in [2.05, 4.69) is 26.1 Å². The van der Waals surface area contributed by atoms with Gasteiger partial charge in [0.2, 0.25) is 11.8 Å². The molecule has 0 aliphatic carbocycles. The molecule has 3 heterocycles. The molecule has 0 radical (unpaired) electrons. The number of unbranched alkanes of at least 4 members (excludes halogenated alkanes) is 5. The summed E-state index contributed by atoms with van der Waals surface area (Å²) in [7, 11) is -4.77. The molecule has 0 bridgehead atoms. The standard InChI is InChI=1S/C26H41N5O10S2.Na.H/c32-20(27-14-8-2-4-12-23(35)41-31-22(34)15-19(25(31)36)43(38,39)40)10-3-1-7-13-28-21(33)11-6-5-9-18-24-17(16-42-18)29-26(37)30-24;;/h17-19,24H,1-16H2,(H,27,32)(H,28,33)(H2,29,30,37)(H,38,39,40);;/t17-,18?,19?,24-;;/m0../s1. The second kappa shape index (κ2) is 18.9. The summed E-state index contributed by atoms with van der Waals surface area (Å²) in [5, 5.41) is 10.2. The third-order valence-electron chi connectivity index (χ3n) is 7.48. The van der Waals surface area contributed by atoms with Crippen molar-refractivity contribution in [2.24, 2.45) is 0 Å². The third kappa shape index (κ3) is 12.5. The molecule has 3 aliphatic heterocycles. The molecule has 5 N–H and O–H groups in total. The number of rotatable bonds is 19. The Labute approximate surface area is 283 Å². The van der Waals surface area contributed by atoms with Crippen molar-refractivity contribution in [3.8, 4) is 0 Å². The first-order valence-corrected chi connectivity index (χ1v) is 17.3. The number of carbonyl (C=O) groups excluding carboxylic acids is 6. The number of amides is 6. The Morgan fingerprint density at radius 2 is 1.48 bits per heavy atom. The Hall–Kier alpha value is -1.92. The molecule has 0 spiro atoms. The van der Waals surface area contributed by atoms with Crippen LogP contribution in [-0.4, -0.2) is 125 Å². The number of carbonyl (C=O) groups is 6. The third-order valence-corrected chi connectivity index (χ3v) is 10.1. The first-order chi connectivity index (χ1) is 20.5. The molecule has 44 heavy (non-hydrogen) atoms. The quantitative estimate of drug-likeness (QED) is 0.0401. The summed E-state index contributed by atoms with van der Waals surface area (Å²) in [5.74, 6) is -2.32. The van der Waals surface area contributed by atoms with Gasteiger partial charge in [-0.05, 0) is 38.5 Å². The molecule has 0 aromatic rings. The number of fused-ring (bicyclic) bond motifs is 1. The van der Waals surface area contributed by atoms with Crippen molar-refractivity contribution in [2.45, 2.75) is 106 Å². The molecule has 3 aliphatic rings. The van der Waals surface area contributed by atoms with Crippen LogP contribution in [0.5, 0.6) is 0 Å². The maximum atomic E-state index is 12.1. The van der Waals surface area contributed by atoms with Crippen LogP contribution in [-0.2, 0) is 38.9 Å². The molecular formula is C26H42N5NaO10S2. The van der Waals surface area contributed by atoms with E-state index in [0.29, 0.717) is 56.9 Å². The summed E-state index contributed by atoms with van der Waals surface area (Å²) in [6, 6.07) is 0.323. The van der Waals surface area contributed by atoms with Gasteiger partial charge in [-0.15, -0.1) is 5.06 Å². The average Bonchev–Trinajstić information content (AvgIpc) is 3.58. The van der Waals surface area contributed by atoms with Gasteiger partial charge in [0.1, 0.15) is 0 Å². The molecule has 0 aromatic heterocycles. The number of thioether (sulfide) groups is 1. The molecule has 15 nitrogen and oxygen atoms in total. The van der Waals surface area contributed by atoms with Crippen molar-refractivity contribution in [3.63, 3.8) is 0 Å². The minimum atomic E-state index is -4.77. The second-order valence-corrected chi connectivity index (χ2v) is 13.8. The zero-order valence-electron chi connectivity index (χ0n) is 24.0. The molecular weight excluding hydrogens is 629 g/mol. The molecule has 6 amide bonds. The average molecular weight is 672 g/mol. The predicted molar refractivity (Wildman–Crippen MR) is 162 cm³/mol. The Morgan fingerprint density at radius 3 is 2.07 bits per heavy atom. The molecule has 244 valence electrons. The number of hydrogen-bond donors (Lipinski definition) is 5. The summed E-state index contributed by atoms with van der Waals surface area (Å²) in [6.07, 6.45) is 6.53. The van der Waals surface area contributed by atoms with Gasteiger partial charge >= 0.3 is 41.6 Å². The molecule has 3 fully saturated rings. The topological polar surface area (TPSA) is 217 Å². The van der Waals surface area contributed by atoms with Crippen LogP contribution >= 0.6 is 11.8 Å². The van der Waals surface area contributed by atoms with E-state index < -0.39 is 39.6 Å². The van der Waals surface area contributed by atoms with Crippen molar-refractivity contribution in [3.05, 3.63) is 0 Å². The monoisotopic (exact) mass is 671 g/mol. The van der Waals surface area contributed by atoms with Crippen LogP contribution in [0.25, 0.3) is 0 Å². The molecule has 4 atom stereocenters. The van der Waals surface area contributed by atoms with E-state index in [-0.39, 0.29) is 71.0 Å². The van der Waals surface area contributed by atoms with Gasteiger partial charge < -0.3 is 26.1 Å². The summed E-state index contributed by atoms with van der Waals surface area (Å²) in [5.41, 5.74) is 0. The van der Waals surface area contributed by atoms with E-state index >= 15 is 0 Å². The fourth-order valence-electron chi connectivity index (χ4n) is 5.12. The van der Waals surface area contributed by atoms with Gasteiger partial charge in [0, 0.05) is 43.4 Å². The Morgan fingerprint density at radius 1 is 0.886 bits per heavy atom. The van der Waals surface area contributed by atoms with Crippen LogP contribution in [0, 0.1) is 0 Å². The van der Waals surface area contributed by atoms with Crippen LogP contribution in [0.3, 0.4) is 0 Å². The van der Waals surface area contributed by atoms with Crippen molar-refractivity contribution < 1.29 is 46.6 Å². The summed E-state index contributed by atoms with van der Waals surface area (Å²) in [4.78, 5) is 75.6. The van der Waals surface area contributed by atoms with Crippen molar-refractivity contribution >= 4 is 87.1 Å². The molecule has 18 heteroatoms. The summed E-state index contributed by atoms with van der Waals surface area (Å²) < 4.78 is 31.2. The number of hydroxylamine groups is 2. The Bertz CT molecular complexity index is 1160. The summed E-state index contributed by atoms with van der Waals surface area (Å²) >= 11 is 1.87. The number of nitrogens with zero attached hydrogens (tertiary/aromatic N) is 1. The fraction of sp³-hybridized carbons (Fsp3) is 0.769. The van der Waals surface area contributed by atoms with Crippen LogP contribution < -0.4 is 21.3 Å². The number of hydrogen-bond acceptors (Lipinski definition) is 10. The normalized spacial score (nSPS) is 22.6. The van der Waals surface area contributed by atoms with Gasteiger partial charge in [-0.2, -0.15) is 20.2 Å². The minimum absolute atomic E-state index is 0. The van der Waals surface area contributed by atoms with Crippen molar-refractivity contribution in [1.82, 2.24) is 26.3 Å². The van der Waals surface area contributed by atoms with Crippen LogP contribution in [0.2, 0.25) is 0 Å². The Kier molecular flexibility index (Phi) is 16.4. The zero-order chi connectivity index (χ0) is 31.4. The first kappa shape index (κ1) is 38.3.